The van der Waals surface area contributed by atoms with Gasteiger partial charge in [0.25, 0.3) is 5.91 Å². The second-order valence-electron chi connectivity index (χ2n) is 5.53. The van der Waals surface area contributed by atoms with E-state index in [0.29, 0.717) is 37.6 Å². The van der Waals surface area contributed by atoms with Crippen molar-refractivity contribution in [2.75, 3.05) is 31.6 Å². The van der Waals surface area contributed by atoms with E-state index in [1.54, 1.807) is 24.3 Å². The Morgan fingerprint density at radius 3 is 2.43 bits per heavy atom. The zero-order chi connectivity index (χ0) is 16.8. The first kappa shape index (κ1) is 17.0. The highest BCUT2D eigenvalue weighted by molar-refractivity contribution is 6.39. The SMILES string of the molecule is CC(C)NC(=O)c1ccccc1NC(=O)C(=O)N1CCOCC1. The third-order valence-corrected chi connectivity index (χ3v) is 3.33. The van der Waals surface area contributed by atoms with E-state index in [2.05, 4.69) is 10.6 Å². The number of hydrogen-bond acceptors (Lipinski definition) is 4. The molecule has 0 atom stereocenters. The minimum atomic E-state index is -0.753. The maximum atomic E-state index is 12.2. The van der Waals surface area contributed by atoms with Gasteiger partial charge in [-0.1, -0.05) is 12.1 Å². The molecular weight excluding hydrogens is 298 g/mol. The Kier molecular flexibility index (Phi) is 5.70. The molecule has 1 aromatic rings. The summed E-state index contributed by atoms with van der Waals surface area (Å²) in [5.74, 6) is -1.67. The highest BCUT2D eigenvalue weighted by Crippen LogP contribution is 2.15. The predicted octanol–water partition coefficient (Wildman–Crippen LogP) is 0.622. The van der Waals surface area contributed by atoms with Crippen molar-refractivity contribution >= 4 is 23.4 Å². The van der Waals surface area contributed by atoms with E-state index in [0.717, 1.165) is 0 Å². The molecule has 0 unspecified atom stereocenters. The van der Waals surface area contributed by atoms with Gasteiger partial charge in [-0.25, -0.2) is 0 Å². The van der Waals surface area contributed by atoms with E-state index in [-0.39, 0.29) is 11.9 Å². The van der Waals surface area contributed by atoms with Crippen molar-refractivity contribution in [3.8, 4) is 0 Å². The van der Waals surface area contributed by atoms with Crippen molar-refractivity contribution in [1.82, 2.24) is 10.2 Å². The van der Waals surface area contributed by atoms with E-state index >= 15 is 0 Å². The minimum absolute atomic E-state index is 0.0266. The number of nitrogens with one attached hydrogen (secondary N) is 2. The van der Waals surface area contributed by atoms with E-state index in [1.165, 1.54) is 4.90 Å². The third-order valence-electron chi connectivity index (χ3n) is 3.33. The molecule has 0 aliphatic carbocycles. The molecule has 1 saturated heterocycles. The lowest BCUT2D eigenvalue weighted by Gasteiger charge is -2.26. The van der Waals surface area contributed by atoms with Gasteiger partial charge in [0.2, 0.25) is 0 Å². The molecule has 7 heteroatoms. The summed E-state index contributed by atoms with van der Waals surface area (Å²) in [4.78, 5) is 37.8. The molecule has 1 aromatic carbocycles. The quantitative estimate of drug-likeness (QED) is 0.800. The van der Waals surface area contributed by atoms with Crippen molar-refractivity contribution in [3.63, 3.8) is 0 Å². The lowest BCUT2D eigenvalue weighted by atomic mass is 10.1. The Balaban J connectivity index is 2.08. The fourth-order valence-corrected chi connectivity index (χ4v) is 2.22. The first-order valence-electron chi connectivity index (χ1n) is 7.57. The van der Waals surface area contributed by atoms with Gasteiger partial charge in [-0.3, -0.25) is 14.4 Å². The lowest BCUT2D eigenvalue weighted by Crippen LogP contribution is -2.46. The maximum absolute atomic E-state index is 12.2. The van der Waals surface area contributed by atoms with Crippen LogP contribution in [-0.4, -0.2) is 55.0 Å². The summed E-state index contributed by atoms with van der Waals surface area (Å²) in [6.07, 6.45) is 0. The fraction of sp³-hybridized carbons (Fsp3) is 0.438. The first-order valence-corrected chi connectivity index (χ1v) is 7.57. The molecule has 0 radical (unpaired) electrons. The van der Waals surface area contributed by atoms with E-state index in [1.807, 2.05) is 13.8 Å². The highest BCUT2D eigenvalue weighted by Gasteiger charge is 2.24. The Bertz CT molecular complexity index is 595. The number of hydrogen-bond donors (Lipinski definition) is 2. The van der Waals surface area contributed by atoms with Gasteiger partial charge in [0.1, 0.15) is 0 Å². The Morgan fingerprint density at radius 1 is 1.13 bits per heavy atom. The molecule has 1 heterocycles. The molecule has 1 aliphatic rings. The second-order valence-corrected chi connectivity index (χ2v) is 5.53. The average molecular weight is 319 g/mol. The predicted molar refractivity (Wildman–Crippen MR) is 85.1 cm³/mol. The van der Waals surface area contributed by atoms with Crippen molar-refractivity contribution in [2.24, 2.45) is 0 Å². The number of carbonyl (C=O) groups is 3. The number of para-hydroxylation sites is 1. The Labute approximate surface area is 135 Å². The van der Waals surface area contributed by atoms with Crippen LogP contribution in [0.15, 0.2) is 24.3 Å². The molecule has 0 aromatic heterocycles. The molecule has 2 N–H and O–H groups in total. The van der Waals surface area contributed by atoms with Crippen LogP contribution in [0.3, 0.4) is 0 Å². The second kappa shape index (κ2) is 7.73. The number of amides is 3. The minimum Gasteiger partial charge on any atom is -0.378 e. The van der Waals surface area contributed by atoms with Crippen LogP contribution < -0.4 is 10.6 Å². The standard InChI is InChI=1S/C16H21N3O4/c1-11(2)17-14(20)12-5-3-4-6-13(12)18-15(21)16(22)19-7-9-23-10-8-19/h3-6,11H,7-10H2,1-2H3,(H,17,20)(H,18,21). The number of morpholine rings is 1. The van der Waals surface area contributed by atoms with E-state index in [9.17, 15) is 14.4 Å². The zero-order valence-electron chi connectivity index (χ0n) is 13.3. The van der Waals surface area contributed by atoms with Crippen molar-refractivity contribution in [3.05, 3.63) is 29.8 Å². The molecule has 0 saturated carbocycles. The highest BCUT2D eigenvalue weighted by atomic mass is 16.5. The summed E-state index contributed by atoms with van der Waals surface area (Å²) < 4.78 is 5.16. The first-order chi connectivity index (χ1) is 11.0. The van der Waals surface area contributed by atoms with Crippen molar-refractivity contribution < 1.29 is 19.1 Å². The van der Waals surface area contributed by atoms with Crippen LogP contribution in [0.1, 0.15) is 24.2 Å². The van der Waals surface area contributed by atoms with Crippen LogP contribution in [0.5, 0.6) is 0 Å². The number of benzene rings is 1. The number of ether oxygens (including phenoxy) is 1. The van der Waals surface area contributed by atoms with Gasteiger partial charge < -0.3 is 20.3 Å². The van der Waals surface area contributed by atoms with Gasteiger partial charge >= 0.3 is 11.8 Å². The van der Waals surface area contributed by atoms with Gasteiger partial charge in [-0.15, -0.1) is 0 Å². The molecule has 1 aliphatic heterocycles. The van der Waals surface area contributed by atoms with Crippen LogP contribution in [0.2, 0.25) is 0 Å². The number of carbonyl (C=O) groups excluding carboxylic acids is 3. The Hall–Kier alpha value is -2.41. The van der Waals surface area contributed by atoms with Gasteiger partial charge in [0.05, 0.1) is 24.5 Å². The maximum Gasteiger partial charge on any atom is 0.313 e. The molecule has 0 bridgehead atoms. The summed E-state index contributed by atoms with van der Waals surface area (Å²) >= 11 is 0. The van der Waals surface area contributed by atoms with Gasteiger partial charge in [0, 0.05) is 19.1 Å². The van der Waals surface area contributed by atoms with Crippen molar-refractivity contribution in [1.29, 1.82) is 0 Å². The third kappa shape index (κ3) is 4.53. The van der Waals surface area contributed by atoms with Crippen molar-refractivity contribution in [2.45, 2.75) is 19.9 Å². The zero-order valence-corrected chi connectivity index (χ0v) is 13.3. The Morgan fingerprint density at radius 2 is 1.78 bits per heavy atom. The monoisotopic (exact) mass is 319 g/mol. The lowest BCUT2D eigenvalue weighted by molar-refractivity contribution is -0.145. The summed E-state index contributed by atoms with van der Waals surface area (Å²) in [7, 11) is 0. The number of nitrogens with zero attached hydrogens (tertiary/aromatic N) is 1. The molecule has 2 rings (SSSR count). The van der Waals surface area contributed by atoms with Gasteiger partial charge in [0.15, 0.2) is 0 Å². The van der Waals surface area contributed by atoms with Crippen LogP contribution in [0, 0.1) is 0 Å². The molecule has 23 heavy (non-hydrogen) atoms. The topological polar surface area (TPSA) is 87.7 Å². The van der Waals surface area contributed by atoms with Crippen LogP contribution in [0.4, 0.5) is 5.69 Å². The summed E-state index contributed by atoms with van der Waals surface area (Å²) in [6.45, 7) is 5.32. The molecule has 3 amide bonds. The fourth-order valence-electron chi connectivity index (χ4n) is 2.22. The smallest absolute Gasteiger partial charge is 0.313 e. The largest absolute Gasteiger partial charge is 0.378 e. The summed E-state index contributed by atoms with van der Waals surface area (Å²) in [6, 6.07) is 6.57. The number of rotatable bonds is 3. The van der Waals surface area contributed by atoms with Gasteiger partial charge in [-0.05, 0) is 26.0 Å². The molecule has 124 valence electrons. The molecule has 0 spiro atoms. The molecular formula is C16H21N3O4. The summed E-state index contributed by atoms with van der Waals surface area (Å²) in [5, 5.41) is 5.29. The van der Waals surface area contributed by atoms with Crippen LogP contribution in [-0.2, 0) is 14.3 Å². The summed E-state index contributed by atoms with van der Waals surface area (Å²) in [5.41, 5.74) is 0.640. The van der Waals surface area contributed by atoms with Crippen LogP contribution in [0.25, 0.3) is 0 Å². The number of anilines is 1. The molecule has 1 fully saturated rings. The molecule has 7 nitrogen and oxygen atoms in total. The normalized spacial score (nSPS) is 14.5. The van der Waals surface area contributed by atoms with Crippen LogP contribution >= 0.6 is 0 Å². The average Bonchev–Trinajstić information content (AvgIpc) is 2.54. The van der Waals surface area contributed by atoms with Gasteiger partial charge in [-0.2, -0.15) is 0 Å². The van der Waals surface area contributed by atoms with E-state index < -0.39 is 11.8 Å². The van der Waals surface area contributed by atoms with E-state index in [4.69, 9.17) is 4.74 Å².